The van der Waals surface area contributed by atoms with Crippen molar-refractivity contribution in [3.63, 3.8) is 0 Å². The minimum Gasteiger partial charge on any atom is -0.478 e. The Morgan fingerprint density at radius 1 is 1.47 bits per heavy atom. The molecule has 1 saturated carbocycles. The van der Waals surface area contributed by atoms with Crippen LogP contribution in [0.5, 0.6) is 0 Å². The summed E-state index contributed by atoms with van der Waals surface area (Å²) in [6.07, 6.45) is 2.75. The van der Waals surface area contributed by atoms with Crippen LogP contribution in [0.2, 0.25) is 0 Å². The fourth-order valence-corrected chi connectivity index (χ4v) is 2.58. The van der Waals surface area contributed by atoms with E-state index in [1.807, 2.05) is 0 Å². The molecule has 0 aromatic heterocycles. The van der Waals surface area contributed by atoms with Crippen LogP contribution in [0.15, 0.2) is 16.6 Å². The summed E-state index contributed by atoms with van der Waals surface area (Å²) in [6, 6.07) is 2.79. The molecule has 0 spiro atoms. The maximum atomic E-state index is 14.0. The molecule has 0 radical (unpaired) electrons. The zero-order valence-electron chi connectivity index (χ0n) is 10.2. The summed E-state index contributed by atoms with van der Waals surface area (Å²) in [5.74, 6) is -1.77. The van der Waals surface area contributed by atoms with Crippen LogP contribution in [0.4, 0.5) is 10.1 Å². The smallest absolute Gasteiger partial charge is 0.336 e. The summed E-state index contributed by atoms with van der Waals surface area (Å²) in [4.78, 5) is 10.9. The van der Waals surface area contributed by atoms with Gasteiger partial charge in [0.05, 0.1) is 15.7 Å². The topological polar surface area (TPSA) is 69.6 Å². The predicted molar refractivity (Wildman–Crippen MR) is 72.9 cm³/mol. The maximum absolute atomic E-state index is 14.0. The summed E-state index contributed by atoms with van der Waals surface area (Å²) < 4.78 is 13.9. The lowest BCUT2D eigenvalue weighted by Gasteiger charge is -2.16. The molecular weight excluding hydrogens is 317 g/mol. The summed E-state index contributed by atoms with van der Waals surface area (Å²) in [5.41, 5.74) is 0.250. The molecule has 19 heavy (non-hydrogen) atoms. The standard InChI is InChI=1S/C13H15BrFNO3/c14-10-8(12(18)19)1-2-9(11(10)15)16-7-13(3-4-13)5-6-17/h1-2,16-17H,3-7H2,(H,18,19). The van der Waals surface area contributed by atoms with Gasteiger partial charge < -0.3 is 15.5 Å². The third-order valence-corrected chi connectivity index (χ3v) is 4.34. The fourth-order valence-electron chi connectivity index (χ4n) is 2.06. The van der Waals surface area contributed by atoms with Crippen LogP contribution in [0, 0.1) is 11.2 Å². The number of benzene rings is 1. The average molecular weight is 332 g/mol. The monoisotopic (exact) mass is 331 g/mol. The molecule has 0 heterocycles. The molecule has 0 unspecified atom stereocenters. The van der Waals surface area contributed by atoms with Crippen LogP contribution in [0.1, 0.15) is 29.6 Å². The largest absolute Gasteiger partial charge is 0.478 e. The molecule has 2 rings (SSSR count). The number of anilines is 1. The van der Waals surface area contributed by atoms with Crippen LogP contribution in [0.3, 0.4) is 0 Å². The number of halogens is 2. The van der Waals surface area contributed by atoms with Crippen molar-refractivity contribution in [3.8, 4) is 0 Å². The van der Waals surface area contributed by atoms with Gasteiger partial charge in [0, 0.05) is 13.2 Å². The molecule has 104 valence electrons. The molecule has 1 fully saturated rings. The second kappa shape index (κ2) is 5.46. The molecule has 1 aliphatic carbocycles. The molecule has 1 aliphatic rings. The Bertz CT molecular complexity index is 503. The number of aliphatic hydroxyl groups is 1. The molecule has 1 aromatic carbocycles. The molecule has 0 saturated heterocycles. The zero-order valence-corrected chi connectivity index (χ0v) is 11.8. The highest BCUT2D eigenvalue weighted by atomic mass is 79.9. The van der Waals surface area contributed by atoms with Gasteiger partial charge in [-0.3, -0.25) is 0 Å². The van der Waals surface area contributed by atoms with E-state index in [4.69, 9.17) is 10.2 Å². The third kappa shape index (κ3) is 3.06. The lowest BCUT2D eigenvalue weighted by molar-refractivity contribution is 0.0695. The first-order valence-corrected chi connectivity index (χ1v) is 6.84. The Morgan fingerprint density at radius 2 is 2.16 bits per heavy atom. The van der Waals surface area contributed by atoms with E-state index in [0.29, 0.717) is 13.0 Å². The van der Waals surface area contributed by atoms with Gasteiger partial charge in [0.1, 0.15) is 0 Å². The molecule has 1 aromatic rings. The van der Waals surface area contributed by atoms with Crippen molar-refractivity contribution in [2.24, 2.45) is 5.41 Å². The first-order valence-electron chi connectivity index (χ1n) is 6.05. The van der Waals surface area contributed by atoms with Gasteiger partial charge in [-0.25, -0.2) is 9.18 Å². The summed E-state index contributed by atoms with van der Waals surface area (Å²) in [5, 5.41) is 20.8. The highest BCUT2D eigenvalue weighted by Gasteiger charge is 2.41. The summed E-state index contributed by atoms with van der Waals surface area (Å²) in [7, 11) is 0. The molecule has 0 aliphatic heterocycles. The van der Waals surface area contributed by atoms with E-state index in [1.165, 1.54) is 12.1 Å². The van der Waals surface area contributed by atoms with Gasteiger partial charge in [0.25, 0.3) is 0 Å². The number of carbonyl (C=O) groups is 1. The molecule has 0 amide bonds. The lowest BCUT2D eigenvalue weighted by atomic mass is 10.0. The number of hydrogen-bond acceptors (Lipinski definition) is 3. The van der Waals surface area contributed by atoms with E-state index < -0.39 is 11.8 Å². The second-order valence-electron chi connectivity index (χ2n) is 4.92. The van der Waals surface area contributed by atoms with Crippen molar-refractivity contribution >= 4 is 27.6 Å². The van der Waals surface area contributed by atoms with Crippen molar-refractivity contribution < 1.29 is 19.4 Å². The summed E-state index contributed by atoms with van der Waals surface area (Å²) in [6.45, 7) is 0.717. The number of aliphatic hydroxyl groups excluding tert-OH is 1. The van der Waals surface area contributed by atoms with Crippen LogP contribution >= 0.6 is 15.9 Å². The van der Waals surface area contributed by atoms with Crippen molar-refractivity contribution in [1.29, 1.82) is 0 Å². The van der Waals surface area contributed by atoms with Gasteiger partial charge in [-0.1, -0.05) is 0 Å². The highest BCUT2D eigenvalue weighted by Crippen LogP contribution is 2.48. The minimum atomic E-state index is -1.17. The Labute approximate surface area is 118 Å². The Balaban J connectivity index is 2.09. The van der Waals surface area contributed by atoms with Gasteiger partial charge >= 0.3 is 5.97 Å². The zero-order chi connectivity index (χ0) is 14.0. The number of aromatic carboxylic acids is 1. The van der Waals surface area contributed by atoms with Crippen molar-refractivity contribution in [2.45, 2.75) is 19.3 Å². The van der Waals surface area contributed by atoms with Gasteiger partial charge in [-0.2, -0.15) is 0 Å². The van der Waals surface area contributed by atoms with Crippen molar-refractivity contribution in [2.75, 3.05) is 18.5 Å². The number of nitrogens with one attached hydrogen (secondary N) is 1. The molecule has 6 heteroatoms. The van der Waals surface area contributed by atoms with Crippen molar-refractivity contribution in [3.05, 3.63) is 28.0 Å². The van der Waals surface area contributed by atoms with Crippen LogP contribution in [-0.4, -0.2) is 29.3 Å². The number of carboxylic acid groups (broad SMARTS) is 1. The molecule has 3 N–H and O–H groups in total. The molecule has 0 atom stereocenters. The van der Waals surface area contributed by atoms with E-state index in [0.717, 1.165) is 12.8 Å². The van der Waals surface area contributed by atoms with E-state index in [2.05, 4.69) is 21.2 Å². The SMILES string of the molecule is O=C(O)c1ccc(NCC2(CCO)CC2)c(F)c1Br. The van der Waals surface area contributed by atoms with Crippen molar-refractivity contribution in [1.82, 2.24) is 0 Å². The van der Waals surface area contributed by atoms with E-state index in [-0.39, 0.29) is 27.7 Å². The van der Waals surface area contributed by atoms with E-state index in [9.17, 15) is 9.18 Å². The first-order chi connectivity index (χ1) is 8.99. The third-order valence-electron chi connectivity index (χ3n) is 3.57. The average Bonchev–Trinajstić information content (AvgIpc) is 3.11. The number of hydrogen-bond donors (Lipinski definition) is 3. The normalized spacial score (nSPS) is 16.2. The fraction of sp³-hybridized carbons (Fsp3) is 0.462. The van der Waals surface area contributed by atoms with E-state index >= 15 is 0 Å². The Kier molecular flexibility index (Phi) is 4.10. The maximum Gasteiger partial charge on any atom is 0.336 e. The van der Waals surface area contributed by atoms with Crippen LogP contribution in [-0.2, 0) is 0 Å². The highest BCUT2D eigenvalue weighted by molar-refractivity contribution is 9.10. The Morgan fingerprint density at radius 3 is 2.68 bits per heavy atom. The first kappa shape index (κ1) is 14.3. The number of carboxylic acids is 1. The Hall–Kier alpha value is -1.14. The quantitative estimate of drug-likeness (QED) is 0.749. The van der Waals surface area contributed by atoms with Crippen LogP contribution in [0.25, 0.3) is 0 Å². The molecule has 0 bridgehead atoms. The van der Waals surface area contributed by atoms with Gasteiger partial charge in [0.2, 0.25) is 0 Å². The minimum absolute atomic E-state index is 0.0444. The number of rotatable bonds is 6. The van der Waals surface area contributed by atoms with Gasteiger partial charge in [-0.05, 0) is 52.7 Å². The van der Waals surface area contributed by atoms with Gasteiger partial charge in [0.15, 0.2) is 5.82 Å². The molecular formula is C13H15BrFNO3. The summed E-state index contributed by atoms with van der Waals surface area (Å²) >= 11 is 2.96. The van der Waals surface area contributed by atoms with E-state index in [1.54, 1.807) is 0 Å². The van der Waals surface area contributed by atoms with Gasteiger partial charge in [-0.15, -0.1) is 0 Å². The lowest BCUT2D eigenvalue weighted by Crippen LogP contribution is -2.17. The molecule has 4 nitrogen and oxygen atoms in total. The second-order valence-corrected chi connectivity index (χ2v) is 5.71. The predicted octanol–water partition coefficient (Wildman–Crippen LogP) is 2.86. The van der Waals surface area contributed by atoms with Crippen LogP contribution < -0.4 is 5.32 Å².